The standard InChI is InChI=1S/C4H5N3S/c5-1-4-7-3(6)2-8-4/h1-2,5H,6H2. The molecular formula is C4H5N3S. The molecule has 0 spiro atoms. The molecule has 1 aromatic rings. The van der Waals surface area contributed by atoms with Crippen LogP contribution >= 0.6 is 11.3 Å². The summed E-state index contributed by atoms with van der Waals surface area (Å²) in [5.74, 6) is 0.494. The summed E-state index contributed by atoms with van der Waals surface area (Å²) in [5, 5.41) is 9.09. The Morgan fingerprint density at radius 1 is 1.88 bits per heavy atom. The van der Waals surface area contributed by atoms with Crippen LogP contribution < -0.4 is 5.73 Å². The van der Waals surface area contributed by atoms with Gasteiger partial charge in [-0.05, 0) is 0 Å². The van der Waals surface area contributed by atoms with Gasteiger partial charge in [0.25, 0.3) is 0 Å². The number of nitrogens with one attached hydrogen (secondary N) is 1. The van der Waals surface area contributed by atoms with E-state index in [1.54, 1.807) is 5.38 Å². The molecule has 0 fully saturated rings. The van der Waals surface area contributed by atoms with Crippen molar-refractivity contribution in [2.45, 2.75) is 0 Å². The van der Waals surface area contributed by atoms with Gasteiger partial charge in [0.1, 0.15) is 10.8 Å². The fraction of sp³-hybridized carbons (Fsp3) is 0. The highest BCUT2D eigenvalue weighted by Crippen LogP contribution is 2.06. The Hall–Kier alpha value is -0.900. The number of rotatable bonds is 1. The highest BCUT2D eigenvalue weighted by atomic mass is 32.1. The lowest BCUT2D eigenvalue weighted by molar-refractivity contribution is 1.39. The van der Waals surface area contributed by atoms with Crippen LogP contribution in [0, 0.1) is 5.41 Å². The molecule has 0 unspecified atom stereocenters. The van der Waals surface area contributed by atoms with Gasteiger partial charge in [0.05, 0.1) is 6.21 Å². The Morgan fingerprint density at radius 3 is 2.88 bits per heavy atom. The lowest BCUT2D eigenvalue weighted by atomic mass is 10.7. The number of aromatic nitrogens is 1. The van der Waals surface area contributed by atoms with E-state index in [0.717, 1.165) is 0 Å². The zero-order chi connectivity index (χ0) is 5.98. The van der Waals surface area contributed by atoms with Crippen molar-refractivity contribution in [1.29, 1.82) is 5.41 Å². The first-order valence-corrected chi connectivity index (χ1v) is 2.92. The molecule has 0 saturated heterocycles. The van der Waals surface area contributed by atoms with Crippen molar-refractivity contribution < 1.29 is 0 Å². The van der Waals surface area contributed by atoms with E-state index < -0.39 is 0 Å². The Labute approximate surface area is 50.7 Å². The normalized spacial score (nSPS) is 9.00. The molecule has 0 aliphatic carbocycles. The first-order chi connectivity index (χ1) is 3.83. The monoisotopic (exact) mass is 127 g/mol. The Bertz CT molecular complexity index is 193. The number of nitrogens with two attached hydrogens (primary N) is 1. The van der Waals surface area contributed by atoms with Crippen molar-refractivity contribution in [1.82, 2.24) is 4.98 Å². The summed E-state index contributed by atoms with van der Waals surface area (Å²) in [6.45, 7) is 0. The summed E-state index contributed by atoms with van der Waals surface area (Å²) in [7, 11) is 0. The van der Waals surface area contributed by atoms with E-state index in [4.69, 9.17) is 11.1 Å². The predicted octanol–water partition coefficient (Wildman–Crippen LogP) is 0.723. The van der Waals surface area contributed by atoms with Gasteiger partial charge >= 0.3 is 0 Å². The molecule has 0 aliphatic rings. The molecule has 0 bridgehead atoms. The first kappa shape index (κ1) is 5.24. The van der Waals surface area contributed by atoms with Crippen LogP contribution in [0.4, 0.5) is 5.82 Å². The minimum atomic E-state index is 0.494. The van der Waals surface area contributed by atoms with Gasteiger partial charge in [-0.1, -0.05) is 0 Å². The van der Waals surface area contributed by atoms with Gasteiger partial charge in [0.2, 0.25) is 0 Å². The van der Waals surface area contributed by atoms with E-state index in [1.807, 2.05) is 0 Å². The zero-order valence-electron chi connectivity index (χ0n) is 4.09. The van der Waals surface area contributed by atoms with Gasteiger partial charge in [0.15, 0.2) is 0 Å². The van der Waals surface area contributed by atoms with Crippen molar-refractivity contribution in [3.05, 3.63) is 10.4 Å². The van der Waals surface area contributed by atoms with Crippen LogP contribution in [-0.4, -0.2) is 11.2 Å². The predicted molar refractivity (Wildman–Crippen MR) is 34.4 cm³/mol. The number of nitrogen functional groups attached to an aromatic ring is 1. The maximum Gasteiger partial charge on any atom is 0.136 e. The van der Waals surface area contributed by atoms with Crippen molar-refractivity contribution in [3.63, 3.8) is 0 Å². The fourth-order valence-corrected chi connectivity index (χ4v) is 0.887. The molecule has 1 aromatic heterocycles. The van der Waals surface area contributed by atoms with Gasteiger partial charge in [-0.15, -0.1) is 11.3 Å². The molecule has 42 valence electrons. The van der Waals surface area contributed by atoms with E-state index in [-0.39, 0.29) is 0 Å². The Kier molecular flexibility index (Phi) is 1.26. The highest BCUT2D eigenvalue weighted by molar-refractivity contribution is 7.11. The molecule has 0 radical (unpaired) electrons. The smallest absolute Gasteiger partial charge is 0.136 e. The molecule has 0 atom stereocenters. The molecule has 3 N–H and O–H groups in total. The summed E-state index contributed by atoms with van der Waals surface area (Å²) >= 11 is 1.37. The summed E-state index contributed by atoms with van der Waals surface area (Å²) in [5.41, 5.74) is 5.25. The maximum atomic E-state index is 6.72. The minimum Gasteiger partial charge on any atom is -0.383 e. The van der Waals surface area contributed by atoms with E-state index in [1.165, 1.54) is 17.6 Å². The van der Waals surface area contributed by atoms with Gasteiger partial charge < -0.3 is 11.1 Å². The van der Waals surface area contributed by atoms with Gasteiger partial charge in [0, 0.05) is 5.38 Å². The quantitative estimate of drug-likeness (QED) is 0.546. The number of nitrogens with zero attached hydrogens (tertiary/aromatic N) is 1. The second kappa shape index (κ2) is 1.92. The third-order valence-corrected chi connectivity index (χ3v) is 1.47. The molecule has 3 nitrogen and oxygen atoms in total. The van der Waals surface area contributed by atoms with Crippen LogP contribution in [0.1, 0.15) is 5.01 Å². The highest BCUT2D eigenvalue weighted by Gasteiger charge is 1.90. The Morgan fingerprint density at radius 2 is 2.62 bits per heavy atom. The number of anilines is 1. The van der Waals surface area contributed by atoms with Crippen LogP contribution in [-0.2, 0) is 0 Å². The molecule has 8 heavy (non-hydrogen) atoms. The molecule has 0 saturated carbocycles. The molecule has 1 rings (SSSR count). The van der Waals surface area contributed by atoms with E-state index >= 15 is 0 Å². The second-order valence-corrected chi connectivity index (χ2v) is 2.14. The summed E-state index contributed by atoms with van der Waals surface area (Å²) in [6, 6.07) is 0. The summed E-state index contributed by atoms with van der Waals surface area (Å²) in [6.07, 6.45) is 1.18. The number of hydrogen-bond acceptors (Lipinski definition) is 4. The molecule has 0 aromatic carbocycles. The number of hydrogen-bond donors (Lipinski definition) is 2. The Balaban J connectivity index is 3.00. The lowest BCUT2D eigenvalue weighted by Crippen LogP contribution is -1.83. The van der Waals surface area contributed by atoms with Crippen molar-refractivity contribution in [3.8, 4) is 0 Å². The molecular weight excluding hydrogens is 122 g/mol. The van der Waals surface area contributed by atoms with E-state index in [9.17, 15) is 0 Å². The van der Waals surface area contributed by atoms with Crippen molar-refractivity contribution in [2.24, 2.45) is 0 Å². The zero-order valence-corrected chi connectivity index (χ0v) is 4.90. The molecule has 1 heterocycles. The van der Waals surface area contributed by atoms with Gasteiger partial charge in [-0.2, -0.15) is 0 Å². The van der Waals surface area contributed by atoms with Crippen LogP contribution in [0.5, 0.6) is 0 Å². The lowest BCUT2D eigenvalue weighted by Gasteiger charge is -1.73. The van der Waals surface area contributed by atoms with E-state index in [0.29, 0.717) is 10.8 Å². The van der Waals surface area contributed by atoms with Crippen LogP contribution in [0.25, 0.3) is 0 Å². The maximum absolute atomic E-state index is 6.72. The fourth-order valence-electron chi connectivity index (χ4n) is 0.367. The van der Waals surface area contributed by atoms with Gasteiger partial charge in [-0.3, -0.25) is 0 Å². The average molecular weight is 127 g/mol. The third kappa shape index (κ3) is 0.840. The minimum absolute atomic E-state index is 0.494. The van der Waals surface area contributed by atoms with Crippen LogP contribution in [0.3, 0.4) is 0 Å². The first-order valence-electron chi connectivity index (χ1n) is 2.04. The van der Waals surface area contributed by atoms with Crippen LogP contribution in [0.2, 0.25) is 0 Å². The molecule has 4 heteroatoms. The van der Waals surface area contributed by atoms with Crippen molar-refractivity contribution >= 4 is 23.4 Å². The third-order valence-electron chi connectivity index (χ3n) is 0.663. The topological polar surface area (TPSA) is 62.8 Å². The SMILES string of the molecule is N=Cc1nc(N)cs1. The summed E-state index contributed by atoms with van der Waals surface area (Å²) in [4.78, 5) is 3.78. The number of thiazole rings is 1. The van der Waals surface area contributed by atoms with Gasteiger partial charge in [-0.25, -0.2) is 4.98 Å². The summed E-state index contributed by atoms with van der Waals surface area (Å²) < 4.78 is 0. The van der Waals surface area contributed by atoms with E-state index in [2.05, 4.69) is 4.98 Å². The largest absolute Gasteiger partial charge is 0.383 e. The van der Waals surface area contributed by atoms with Crippen LogP contribution in [0.15, 0.2) is 5.38 Å². The average Bonchev–Trinajstić information content (AvgIpc) is 2.14. The van der Waals surface area contributed by atoms with Crippen molar-refractivity contribution in [2.75, 3.05) is 5.73 Å². The second-order valence-electron chi connectivity index (χ2n) is 1.25. The molecule has 0 aliphatic heterocycles. The molecule has 0 amide bonds.